The smallest absolute Gasteiger partial charge is 0.273 e. The Morgan fingerprint density at radius 2 is 2.17 bits per heavy atom. The van der Waals surface area contributed by atoms with Gasteiger partial charge in [0.25, 0.3) is 5.91 Å². The number of halogens is 1. The van der Waals surface area contributed by atoms with Gasteiger partial charge in [-0.25, -0.2) is 4.98 Å². The first-order chi connectivity index (χ1) is 13.8. The first-order valence-corrected chi connectivity index (χ1v) is 9.35. The number of nitrogens with zero attached hydrogens (tertiary/aromatic N) is 4. The summed E-state index contributed by atoms with van der Waals surface area (Å²) in [4.78, 5) is 16.2. The van der Waals surface area contributed by atoms with Gasteiger partial charge in [-0.15, -0.1) is 0 Å². The zero-order valence-corrected chi connectivity index (χ0v) is 16.9. The van der Waals surface area contributed by atoms with Gasteiger partial charge >= 0.3 is 0 Å². The number of oxazole rings is 1. The van der Waals surface area contributed by atoms with Crippen LogP contribution < -0.4 is 5.32 Å². The highest BCUT2D eigenvalue weighted by Crippen LogP contribution is 2.29. The minimum Gasteiger partial charge on any atom is -0.445 e. The topological polar surface area (TPSA) is 117 Å². The molecule has 0 saturated carbocycles. The molecule has 2 N–H and O–H groups in total. The Balaban J connectivity index is 1.67. The van der Waals surface area contributed by atoms with Crippen molar-refractivity contribution in [3.63, 3.8) is 0 Å². The van der Waals surface area contributed by atoms with E-state index in [2.05, 4.69) is 21.5 Å². The number of nitrogens with one attached hydrogen (secondary N) is 1. The molecular formula is C20H20ClN5O3. The SMILES string of the molecule is Cc1c(-c2ccn(C[C@H](C)NC(=O)c3coc(C(C)O)n3)n2)ccc(C#N)c1Cl. The molecule has 0 aliphatic rings. The summed E-state index contributed by atoms with van der Waals surface area (Å²) in [5.74, 6) is -0.300. The standard InChI is InChI=1S/C20H20ClN5O3/c1-11(23-19(28)17-10-29-20(24-17)13(3)27)9-26-7-6-16(25-26)15-5-4-14(8-22)18(21)12(15)2/h4-7,10-11,13,27H,9H2,1-3H3,(H,23,28)/t11-,13?/m0/s1. The fraction of sp³-hybridized carbons (Fsp3) is 0.300. The number of aliphatic hydroxyl groups is 1. The lowest BCUT2D eigenvalue weighted by atomic mass is 10.0. The lowest BCUT2D eigenvalue weighted by molar-refractivity contribution is 0.0931. The van der Waals surface area contributed by atoms with Crippen LogP contribution in [0, 0.1) is 18.3 Å². The highest BCUT2D eigenvalue weighted by Gasteiger charge is 2.17. The van der Waals surface area contributed by atoms with Crippen LogP contribution in [0.15, 0.2) is 35.1 Å². The van der Waals surface area contributed by atoms with E-state index in [0.29, 0.717) is 17.1 Å². The maximum absolute atomic E-state index is 12.3. The second-order valence-corrected chi connectivity index (χ2v) is 7.13. The average molecular weight is 414 g/mol. The normalized spacial score (nSPS) is 13.0. The summed E-state index contributed by atoms with van der Waals surface area (Å²) in [5.41, 5.74) is 2.90. The van der Waals surface area contributed by atoms with Crippen LogP contribution in [0.5, 0.6) is 0 Å². The minimum absolute atomic E-state index is 0.0935. The molecule has 0 radical (unpaired) electrons. The first kappa shape index (κ1) is 20.6. The van der Waals surface area contributed by atoms with E-state index in [4.69, 9.17) is 21.3 Å². The number of aliphatic hydroxyl groups excluding tert-OH is 1. The molecule has 9 heteroatoms. The van der Waals surface area contributed by atoms with Crippen LogP contribution >= 0.6 is 11.6 Å². The molecule has 2 aromatic heterocycles. The molecule has 2 atom stereocenters. The van der Waals surface area contributed by atoms with E-state index in [9.17, 15) is 9.90 Å². The highest BCUT2D eigenvalue weighted by molar-refractivity contribution is 6.32. The van der Waals surface area contributed by atoms with E-state index in [1.807, 2.05) is 32.2 Å². The van der Waals surface area contributed by atoms with Gasteiger partial charge in [-0.1, -0.05) is 17.7 Å². The second-order valence-electron chi connectivity index (χ2n) is 6.76. The minimum atomic E-state index is -0.879. The number of benzene rings is 1. The Morgan fingerprint density at radius 1 is 1.41 bits per heavy atom. The van der Waals surface area contributed by atoms with Gasteiger partial charge in [-0.05, 0) is 38.5 Å². The quantitative estimate of drug-likeness (QED) is 0.640. The number of hydrogen-bond donors (Lipinski definition) is 2. The molecule has 1 aromatic carbocycles. The molecule has 2 heterocycles. The van der Waals surface area contributed by atoms with Crippen molar-refractivity contribution in [3.05, 3.63) is 58.4 Å². The van der Waals surface area contributed by atoms with Gasteiger partial charge in [0, 0.05) is 17.8 Å². The van der Waals surface area contributed by atoms with Gasteiger partial charge in [0.2, 0.25) is 5.89 Å². The molecule has 8 nitrogen and oxygen atoms in total. The zero-order valence-electron chi connectivity index (χ0n) is 16.2. The average Bonchev–Trinajstić information content (AvgIpc) is 3.33. The Bertz CT molecular complexity index is 1080. The third kappa shape index (κ3) is 4.47. The fourth-order valence-electron chi connectivity index (χ4n) is 2.86. The molecule has 0 saturated heterocycles. The van der Waals surface area contributed by atoms with E-state index in [1.165, 1.54) is 13.2 Å². The van der Waals surface area contributed by atoms with E-state index < -0.39 is 12.0 Å². The van der Waals surface area contributed by atoms with Crippen molar-refractivity contribution in [2.45, 2.75) is 39.5 Å². The third-order valence-electron chi connectivity index (χ3n) is 4.37. The molecule has 0 bridgehead atoms. The number of nitriles is 1. The van der Waals surface area contributed by atoms with Crippen LogP contribution in [0.4, 0.5) is 0 Å². The molecule has 0 aliphatic heterocycles. The number of rotatable bonds is 6. The molecule has 3 rings (SSSR count). The summed E-state index contributed by atoms with van der Waals surface area (Å²) < 4.78 is 6.78. The van der Waals surface area contributed by atoms with E-state index in [1.54, 1.807) is 10.7 Å². The van der Waals surface area contributed by atoms with Gasteiger partial charge in [0.15, 0.2) is 5.69 Å². The van der Waals surface area contributed by atoms with Crippen LogP contribution in [0.25, 0.3) is 11.3 Å². The molecule has 0 fully saturated rings. The Morgan fingerprint density at radius 3 is 2.83 bits per heavy atom. The second kappa shape index (κ2) is 8.47. The molecule has 0 spiro atoms. The zero-order chi connectivity index (χ0) is 21.1. The van der Waals surface area contributed by atoms with Crippen molar-refractivity contribution in [2.24, 2.45) is 0 Å². The van der Waals surface area contributed by atoms with Crippen LogP contribution in [-0.4, -0.2) is 31.8 Å². The predicted octanol–water partition coefficient (Wildman–Crippen LogP) is 3.24. The maximum Gasteiger partial charge on any atom is 0.273 e. The Hall–Kier alpha value is -3.15. The van der Waals surface area contributed by atoms with E-state index in [0.717, 1.165) is 16.8 Å². The van der Waals surface area contributed by atoms with Crippen molar-refractivity contribution in [1.82, 2.24) is 20.1 Å². The van der Waals surface area contributed by atoms with Crippen molar-refractivity contribution < 1.29 is 14.3 Å². The third-order valence-corrected chi connectivity index (χ3v) is 4.86. The van der Waals surface area contributed by atoms with Gasteiger partial charge in [-0.2, -0.15) is 10.4 Å². The summed E-state index contributed by atoms with van der Waals surface area (Å²) >= 11 is 6.24. The monoisotopic (exact) mass is 413 g/mol. The summed E-state index contributed by atoms with van der Waals surface area (Å²) in [5, 5.41) is 26.3. The largest absolute Gasteiger partial charge is 0.445 e. The number of amides is 1. The van der Waals surface area contributed by atoms with Crippen molar-refractivity contribution in [3.8, 4) is 17.3 Å². The molecule has 150 valence electrons. The highest BCUT2D eigenvalue weighted by atomic mass is 35.5. The molecule has 3 aromatic rings. The molecule has 29 heavy (non-hydrogen) atoms. The van der Waals surface area contributed by atoms with Crippen LogP contribution in [-0.2, 0) is 6.54 Å². The molecule has 1 amide bonds. The number of hydrogen-bond acceptors (Lipinski definition) is 6. The summed E-state index contributed by atoms with van der Waals surface area (Å²) in [7, 11) is 0. The van der Waals surface area contributed by atoms with Crippen LogP contribution in [0.2, 0.25) is 5.02 Å². The maximum atomic E-state index is 12.3. The van der Waals surface area contributed by atoms with Crippen LogP contribution in [0.1, 0.15) is 47.5 Å². The van der Waals surface area contributed by atoms with Crippen molar-refractivity contribution >= 4 is 17.5 Å². The lowest BCUT2D eigenvalue weighted by Crippen LogP contribution is -2.36. The van der Waals surface area contributed by atoms with Crippen molar-refractivity contribution in [2.75, 3.05) is 0 Å². The van der Waals surface area contributed by atoms with Crippen molar-refractivity contribution in [1.29, 1.82) is 5.26 Å². The Kier molecular flexibility index (Phi) is 6.01. The van der Waals surface area contributed by atoms with Gasteiger partial charge in [0.1, 0.15) is 18.4 Å². The van der Waals surface area contributed by atoms with E-state index in [-0.39, 0.29) is 17.6 Å². The van der Waals surface area contributed by atoms with Gasteiger partial charge < -0.3 is 14.8 Å². The van der Waals surface area contributed by atoms with E-state index >= 15 is 0 Å². The number of carbonyl (C=O) groups excluding carboxylic acids is 1. The predicted molar refractivity (Wildman–Crippen MR) is 106 cm³/mol. The Labute approximate surface area is 172 Å². The van der Waals surface area contributed by atoms with Crippen LogP contribution in [0.3, 0.4) is 0 Å². The lowest BCUT2D eigenvalue weighted by Gasteiger charge is -2.13. The summed E-state index contributed by atoms with van der Waals surface area (Å²) in [6.07, 6.45) is 2.15. The van der Waals surface area contributed by atoms with Gasteiger partial charge in [0.05, 0.1) is 22.8 Å². The molecule has 1 unspecified atom stereocenters. The molecular weight excluding hydrogens is 394 g/mol. The first-order valence-electron chi connectivity index (χ1n) is 8.97. The van der Waals surface area contributed by atoms with Gasteiger partial charge in [-0.3, -0.25) is 9.48 Å². The number of carbonyl (C=O) groups is 1. The summed E-state index contributed by atoms with van der Waals surface area (Å²) in [6.45, 7) is 5.64. The molecule has 0 aliphatic carbocycles. The number of aromatic nitrogens is 3. The summed E-state index contributed by atoms with van der Waals surface area (Å²) in [6, 6.07) is 7.18. The fourth-order valence-corrected chi connectivity index (χ4v) is 3.07.